The van der Waals surface area contributed by atoms with Crippen molar-refractivity contribution in [2.45, 2.75) is 31.6 Å². The topological polar surface area (TPSA) is 97.7 Å². The van der Waals surface area contributed by atoms with E-state index in [4.69, 9.17) is 33.0 Å². The summed E-state index contributed by atoms with van der Waals surface area (Å²) in [7, 11) is 0. The molecule has 0 fully saturated rings. The highest BCUT2D eigenvalue weighted by molar-refractivity contribution is 6.76. The Hall–Kier alpha value is -2.70. The van der Waals surface area contributed by atoms with Gasteiger partial charge in [0.2, 0.25) is 10.5 Å². The molecule has 2 aromatic rings. The monoisotopic (exact) mass is 452 g/mol. The largest absolute Gasteiger partial charge is 0.480 e. The van der Waals surface area contributed by atoms with Gasteiger partial charge in [0.25, 0.3) is 0 Å². The minimum Gasteiger partial charge on any atom is -0.480 e. The van der Waals surface area contributed by atoms with Gasteiger partial charge in [-0.15, -0.1) is 0 Å². The van der Waals surface area contributed by atoms with Crippen molar-refractivity contribution >= 4 is 45.6 Å². The number of benzene rings is 2. The Labute approximate surface area is 184 Å². The molecule has 0 bridgehead atoms. The van der Waals surface area contributed by atoms with E-state index in [0.29, 0.717) is 11.1 Å². The van der Waals surface area contributed by atoms with Gasteiger partial charge in [0.15, 0.2) is 5.92 Å². The maximum absolute atomic E-state index is 11.4. The number of rotatable bonds is 8. The highest BCUT2D eigenvalue weighted by Crippen LogP contribution is 2.33. The third-order valence-electron chi connectivity index (χ3n) is 4.37. The molecule has 0 aliphatic carbocycles. The molecule has 0 saturated heterocycles. The number of halogens is 2. The summed E-state index contributed by atoms with van der Waals surface area (Å²) in [6.45, 7) is 3.52. The van der Waals surface area contributed by atoms with E-state index in [0.717, 1.165) is 0 Å². The van der Waals surface area contributed by atoms with Gasteiger partial charge in [-0.25, -0.2) is 0 Å². The van der Waals surface area contributed by atoms with Crippen molar-refractivity contribution in [3.8, 4) is 0 Å². The molecule has 160 valence electrons. The zero-order valence-electron chi connectivity index (χ0n) is 16.5. The molecule has 2 aromatic carbocycles. The number of carboxylic acids is 1. The van der Waals surface area contributed by atoms with E-state index in [2.05, 4.69) is 0 Å². The SMILES string of the molecule is CCC(C(=O)Cl)(C(=O)Cl)c1ccccc1.CCOC(=O)C(C(=O)O)c1ccccc1. The number of carbonyl (C=O) groups is 4. The van der Waals surface area contributed by atoms with Crippen LogP contribution in [0.15, 0.2) is 60.7 Å². The highest BCUT2D eigenvalue weighted by Gasteiger charge is 2.43. The average Bonchev–Trinajstić information content (AvgIpc) is 2.70. The summed E-state index contributed by atoms with van der Waals surface area (Å²) in [5, 5.41) is 7.44. The summed E-state index contributed by atoms with van der Waals surface area (Å²) in [6, 6.07) is 16.9. The Morgan fingerprint density at radius 1 is 0.900 bits per heavy atom. The van der Waals surface area contributed by atoms with E-state index in [-0.39, 0.29) is 13.0 Å². The van der Waals surface area contributed by atoms with Gasteiger partial charge in [-0.2, -0.15) is 0 Å². The second-order valence-corrected chi connectivity index (χ2v) is 6.79. The summed E-state index contributed by atoms with van der Waals surface area (Å²) in [5.74, 6) is -3.15. The second kappa shape index (κ2) is 12.1. The van der Waals surface area contributed by atoms with Gasteiger partial charge in [0.05, 0.1) is 6.61 Å². The van der Waals surface area contributed by atoms with E-state index in [1.54, 1.807) is 74.5 Å². The zero-order chi connectivity index (χ0) is 22.7. The highest BCUT2D eigenvalue weighted by atomic mass is 35.5. The number of aliphatic carboxylic acids is 1. The number of hydrogen-bond acceptors (Lipinski definition) is 5. The summed E-state index contributed by atoms with van der Waals surface area (Å²) >= 11 is 11.0. The van der Waals surface area contributed by atoms with E-state index in [1.807, 2.05) is 0 Å². The summed E-state index contributed by atoms with van der Waals surface area (Å²) in [6.07, 6.45) is 0.252. The van der Waals surface area contributed by atoms with Crippen LogP contribution in [-0.2, 0) is 29.3 Å². The standard InChI is InChI=1S/C11H10Cl2O2.C11H12O4/c1-2-11(9(12)14,10(13)15)8-6-4-3-5-7-8;1-2-15-11(14)9(10(12)13)8-6-4-3-5-7-8/h3-7H,2H2,1H3;3-7,9H,2H2,1H3,(H,12,13). The Kier molecular flexibility index (Phi) is 10.2. The molecule has 30 heavy (non-hydrogen) atoms. The smallest absolute Gasteiger partial charge is 0.324 e. The third kappa shape index (κ3) is 6.15. The summed E-state index contributed by atoms with van der Waals surface area (Å²) < 4.78 is 4.70. The van der Waals surface area contributed by atoms with Gasteiger partial charge in [0, 0.05) is 0 Å². The third-order valence-corrected chi connectivity index (χ3v) is 5.02. The number of carbonyl (C=O) groups excluding carboxylic acids is 3. The van der Waals surface area contributed by atoms with Crippen molar-refractivity contribution in [2.75, 3.05) is 6.61 Å². The summed E-state index contributed by atoms with van der Waals surface area (Å²) in [4.78, 5) is 45.1. The molecule has 6 nitrogen and oxygen atoms in total. The fraction of sp³-hybridized carbons (Fsp3) is 0.273. The molecule has 0 aliphatic rings. The molecule has 0 saturated carbocycles. The fourth-order valence-corrected chi connectivity index (χ4v) is 3.47. The predicted octanol–water partition coefficient (Wildman–Crippen LogP) is 4.28. The second-order valence-electron chi connectivity index (χ2n) is 6.11. The minimum absolute atomic E-state index is 0.176. The van der Waals surface area contributed by atoms with Crippen LogP contribution in [0.2, 0.25) is 0 Å². The van der Waals surface area contributed by atoms with Crippen molar-refractivity contribution in [1.29, 1.82) is 0 Å². The number of esters is 1. The Balaban J connectivity index is 0.000000300. The molecular weight excluding hydrogens is 431 g/mol. The van der Waals surface area contributed by atoms with E-state index >= 15 is 0 Å². The molecule has 8 heteroatoms. The summed E-state index contributed by atoms with van der Waals surface area (Å²) in [5.41, 5.74) is -0.444. The minimum atomic E-state index is -1.41. The van der Waals surface area contributed by atoms with Gasteiger partial charge in [-0.3, -0.25) is 19.2 Å². The van der Waals surface area contributed by atoms with Crippen molar-refractivity contribution in [2.24, 2.45) is 0 Å². The molecule has 1 atom stereocenters. The van der Waals surface area contributed by atoms with Crippen LogP contribution in [0.5, 0.6) is 0 Å². The molecule has 0 aliphatic heterocycles. The Morgan fingerprint density at radius 3 is 1.73 bits per heavy atom. The zero-order valence-corrected chi connectivity index (χ0v) is 18.0. The molecule has 0 amide bonds. The van der Waals surface area contributed by atoms with Crippen LogP contribution in [0.4, 0.5) is 0 Å². The lowest BCUT2D eigenvalue weighted by molar-refractivity contribution is -0.153. The maximum atomic E-state index is 11.4. The lowest BCUT2D eigenvalue weighted by atomic mass is 9.80. The number of carboxylic acid groups (broad SMARTS) is 1. The van der Waals surface area contributed by atoms with Crippen LogP contribution in [0.25, 0.3) is 0 Å². The van der Waals surface area contributed by atoms with Gasteiger partial charge < -0.3 is 9.84 Å². The number of hydrogen-bond donors (Lipinski definition) is 1. The molecule has 1 N–H and O–H groups in total. The molecule has 2 rings (SSSR count). The average molecular weight is 453 g/mol. The molecule has 0 spiro atoms. The first kappa shape index (κ1) is 25.3. The van der Waals surface area contributed by atoms with Gasteiger partial charge in [-0.05, 0) is 47.7 Å². The van der Waals surface area contributed by atoms with Crippen molar-refractivity contribution in [3.05, 3.63) is 71.8 Å². The molecule has 1 unspecified atom stereocenters. The van der Waals surface area contributed by atoms with Crippen molar-refractivity contribution in [1.82, 2.24) is 0 Å². The van der Waals surface area contributed by atoms with Crippen LogP contribution < -0.4 is 0 Å². The molecule has 0 radical (unpaired) electrons. The van der Waals surface area contributed by atoms with Crippen LogP contribution in [0.1, 0.15) is 37.3 Å². The van der Waals surface area contributed by atoms with Gasteiger partial charge >= 0.3 is 11.9 Å². The van der Waals surface area contributed by atoms with E-state index in [9.17, 15) is 19.2 Å². The Bertz CT molecular complexity index is 851. The lowest BCUT2D eigenvalue weighted by Gasteiger charge is -2.24. The van der Waals surface area contributed by atoms with Crippen LogP contribution >= 0.6 is 23.2 Å². The number of ether oxygens (including phenoxy) is 1. The van der Waals surface area contributed by atoms with Crippen molar-refractivity contribution in [3.63, 3.8) is 0 Å². The molecular formula is C22H22Cl2O6. The normalized spacial score (nSPS) is 11.5. The maximum Gasteiger partial charge on any atom is 0.324 e. The quantitative estimate of drug-likeness (QED) is 0.364. The van der Waals surface area contributed by atoms with Crippen LogP contribution in [-0.4, -0.2) is 34.1 Å². The molecule has 0 heterocycles. The van der Waals surface area contributed by atoms with E-state index < -0.39 is 33.8 Å². The van der Waals surface area contributed by atoms with Gasteiger partial charge in [0.1, 0.15) is 5.41 Å². The lowest BCUT2D eigenvalue weighted by Crippen LogP contribution is -2.38. The van der Waals surface area contributed by atoms with Crippen LogP contribution in [0, 0.1) is 0 Å². The van der Waals surface area contributed by atoms with Crippen LogP contribution in [0.3, 0.4) is 0 Å². The van der Waals surface area contributed by atoms with E-state index in [1.165, 1.54) is 0 Å². The Morgan fingerprint density at radius 2 is 1.37 bits per heavy atom. The predicted molar refractivity (Wildman–Crippen MR) is 114 cm³/mol. The fourth-order valence-electron chi connectivity index (χ4n) is 2.76. The first-order chi connectivity index (χ1) is 14.2. The molecule has 0 aromatic heterocycles. The van der Waals surface area contributed by atoms with Gasteiger partial charge in [-0.1, -0.05) is 67.6 Å². The van der Waals surface area contributed by atoms with Crippen molar-refractivity contribution < 1.29 is 29.0 Å². The first-order valence-corrected chi connectivity index (χ1v) is 9.87. The first-order valence-electron chi connectivity index (χ1n) is 9.12.